The number of sulfonamides is 1. The van der Waals surface area contributed by atoms with Crippen molar-refractivity contribution in [3.63, 3.8) is 0 Å². The molecular formula is C12H17BrN2O3S. The highest BCUT2D eigenvalue weighted by atomic mass is 79.9. The highest BCUT2D eigenvalue weighted by Crippen LogP contribution is 2.25. The van der Waals surface area contributed by atoms with Crippen LogP contribution in [-0.4, -0.2) is 50.3 Å². The van der Waals surface area contributed by atoms with Crippen LogP contribution in [0.15, 0.2) is 22.7 Å². The van der Waals surface area contributed by atoms with Crippen LogP contribution in [0.3, 0.4) is 0 Å². The quantitative estimate of drug-likeness (QED) is 0.885. The molecule has 1 fully saturated rings. The van der Waals surface area contributed by atoms with Crippen molar-refractivity contribution in [3.05, 3.63) is 28.2 Å². The van der Waals surface area contributed by atoms with Crippen molar-refractivity contribution in [2.45, 2.75) is 6.61 Å². The molecule has 0 bridgehead atoms. The zero-order valence-corrected chi connectivity index (χ0v) is 13.1. The monoisotopic (exact) mass is 348 g/mol. The highest BCUT2D eigenvalue weighted by Gasteiger charge is 2.23. The van der Waals surface area contributed by atoms with Crippen LogP contribution in [0.2, 0.25) is 0 Å². The average Bonchev–Trinajstić information content (AvgIpc) is 2.38. The van der Waals surface area contributed by atoms with Gasteiger partial charge >= 0.3 is 0 Å². The molecule has 1 aliphatic heterocycles. The molecule has 5 nitrogen and oxygen atoms in total. The van der Waals surface area contributed by atoms with E-state index in [-0.39, 0.29) is 6.61 Å². The van der Waals surface area contributed by atoms with Crippen LogP contribution < -0.4 is 4.90 Å². The number of aliphatic hydroxyl groups is 1. The molecule has 1 aromatic rings. The molecule has 2 rings (SSSR count). The van der Waals surface area contributed by atoms with E-state index < -0.39 is 10.0 Å². The second-order valence-electron chi connectivity index (χ2n) is 4.58. The summed E-state index contributed by atoms with van der Waals surface area (Å²) in [7, 11) is -3.09. The minimum absolute atomic E-state index is 0.00270. The third-order valence-corrected chi connectivity index (χ3v) is 5.32. The van der Waals surface area contributed by atoms with Gasteiger partial charge in [0.1, 0.15) is 0 Å². The summed E-state index contributed by atoms with van der Waals surface area (Å²) in [5, 5.41) is 9.13. The van der Waals surface area contributed by atoms with Crippen molar-refractivity contribution in [1.82, 2.24) is 4.31 Å². The van der Waals surface area contributed by atoms with Crippen molar-refractivity contribution < 1.29 is 13.5 Å². The Morgan fingerprint density at radius 3 is 2.37 bits per heavy atom. The molecule has 7 heteroatoms. The minimum Gasteiger partial charge on any atom is -0.392 e. The summed E-state index contributed by atoms with van der Waals surface area (Å²) in [6.07, 6.45) is 1.25. The van der Waals surface area contributed by atoms with E-state index in [0.29, 0.717) is 26.2 Å². The fourth-order valence-corrected chi connectivity index (χ4v) is 3.46. The maximum atomic E-state index is 11.4. The number of anilines is 1. The largest absolute Gasteiger partial charge is 0.392 e. The first kappa shape index (κ1) is 14.8. The van der Waals surface area contributed by atoms with Gasteiger partial charge in [0.15, 0.2) is 0 Å². The van der Waals surface area contributed by atoms with Gasteiger partial charge in [-0.3, -0.25) is 0 Å². The van der Waals surface area contributed by atoms with Crippen molar-refractivity contribution >= 4 is 31.6 Å². The van der Waals surface area contributed by atoms with E-state index in [1.165, 1.54) is 10.6 Å². The van der Waals surface area contributed by atoms with E-state index in [2.05, 4.69) is 20.8 Å². The highest BCUT2D eigenvalue weighted by molar-refractivity contribution is 9.10. The molecule has 0 amide bonds. The van der Waals surface area contributed by atoms with Gasteiger partial charge in [0.25, 0.3) is 0 Å². The average molecular weight is 349 g/mol. The van der Waals surface area contributed by atoms with Gasteiger partial charge in [-0.2, -0.15) is 4.31 Å². The van der Waals surface area contributed by atoms with Crippen LogP contribution in [0.4, 0.5) is 5.69 Å². The molecule has 0 spiro atoms. The first-order valence-corrected chi connectivity index (χ1v) is 8.65. The summed E-state index contributed by atoms with van der Waals surface area (Å²) in [4.78, 5) is 2.15. The second kappa shape index (κ2) is 5.78. The van der Waals surface area contributed by atoms with Crippen LogP contribution in [0.5, 0.6) is 0 Å². The lowest BCUT2D eigenvalue weighted by Crippen LogP contribution is -2.48. The number of aliphatic hydroxyl groups excluding tert-OH is 1. The van der Waals surface area contributed by atoms with Gasteiger partial charge in [-0.15, -0.1) is 0 Å². The number of nitrogens with zero attached hydrogens (tertiary/aromatic N) is 2. The predicted molar refractivity (Wildman–Crippen MR) is 78.7 cm³/mol. The summed E-state index contributed by atoms with van der Waals surface area (Å²) in [5.41, 5.74) is 1.88. The van der Waals surface area contributed by atoms with Crippen LogP contribution in [0, 0.1) is 0 Å². The Hall–Kier alpha value is -0.630. The summed E-state index contributed by atoms with van der Waals surface area (Å²) in [6.45, 7) is 2.38. The van der Waals surface area contributed by atoms with Crippen molar-refractivity contribution in [2.24, 2.45) is 0 Å². The molecule has 0 saturated carbocycles. The van der Waals surface area contributed by atoms with Crippen LogP contribution in [-0.2, 0) is 16.6 Å². The normalized spacial score (nSPS) is 17.7. The molecule has 0 radical (unpaired) electrons. The van der Waals surface area contributed by atoms with Gasteiger partial charge < -0.3 is 10.0 Å². The van der Waals surface area contributed by atoms with Gasteiger partial charge in [0, 0.05) is 36.3 Å². The van der Waals surface area contributed by atoms with E-state index in [1.807, 2.05) is 18.2 Å². The van der Waals surface area contributed by atoms with Crippen LogP contribution >= 0.6 is 15.9 Å². The molecule has 1 aliphatic rings. The molecule has 106 valence electrons. The molecule has 19 heavy (non-hydrogen) atoms. The SMILES string of the molecule is CS(=O)(=O)N1CCN(c2ccc(CO)c(Br)c2)CC1. The Kier molecular flexibility index (Phi) is 4.50. The Morgan fingerprint density at radius 1 is 1.26 bits per heavy atom. The summed E-state index contributed by atoms with van der Waals surface area (Å²) >= 11 is 3.42. The molecule has 1 heterocycles. The Morgan fingerprint density at radius 2 is 1.89 bits per heavy atom. The zero-order chi connectivity index (χ0) is 14.0. The van der Waals surface area contributed by atoms with Crippen molar-refractivity contribution in [1.29, 1.82) is 0 Å². The lowest BCUT2D eigenvalue weighted by atomic mass is 10.2. The molecule has 1 N–H and O–H groups in total. The van der Waals surface area contributed by atoms with Gasteiger partial charge in [-0.05, 0) is 17.7 Å². The summed E-state index contributed by atoms with van der Waals surface area (Å²) in [6, 6.07) is 5.79. The third kappa shape index (κ3) is 3.47. The lowest BCUT2D eigenvalue weighted by molar-refractivity contribution is 0.281. The molecule has 1 aromatic carbocycles. The minimum atomic E-state index is -3.09. The molecule has 1 saturated heterocycles. The van der Waals surface area contributed by atoms with Crippen molar-refractivity contribution in [2.75, 3.05) is 37.3 Å². The Labute approximate surface area is 122 Å². The molecule has 0 aliphatic carbocycles. The van der Waals surface area contributed by atoms with Gasteiger partial charge in [-0.25, -0.2) is 8.42 Å². The summed E-state index contributed by atoms with van der Waals surface area (Å²) in [5.74, 6) is 0. The van der Waals surface area contributed by atoms with E-state index in [1.54, 1.807) is 0 Å². The number of piperazine rings is 1. The smallest absolute Gasteiger partial charge is 0.211 e. The Balaban J connectivity index is 2.08. The number of rotatable bonds is 3. The lowest BCUT2D eigenvalue weighted by Gasteiger charge is -2.34. The number of hydrogen-bond donors (Lipinski definition) is 1. The summed E-state index contributed by atoms with van der Waals surface area (Å²) < 4.78 is 25.3. The molecular weight excluding hydrogens is 332 g/mol. The fourth-order valence-electron chi connectivity index (χ4n) is 2.14. The van der Waals surface area contributed by atoms with E-state index >= 15 is 0 Å². The maximum absolute atomic E-state index is 11.4. The maximum Gasteiger partial charge on any atom is 0.211 e. The van der Waals surface area contributed by atoms with E-state index in [4.69, 9.17) is 5.11 Å². The van der Waals surface area contributed by atoms with Crippen molar-refractivity contribution in [3.8, 4) is 0 Å². The predicted octanol–water partition coefficient (Wildman–Crippen LogP) is 1.02. The molecule has 0 unspecified atom stereocenters. The third-order valence-electron chi connectivity index (χ3n) is 3.28. The van der Waals surface area contributed by atoms with Crippen LogP contribution in [0.25, 0.3) is 0 Å². The van der Waals surface area contributed by atoms with Gasteiger partial charge in [0.05, 0.1) is 12.9 Å². The number of hydrogen-bond acceptors (Lipinski definition) is 4. The van der Waals surface area contributed by atoms with Gasteiger partial charge in [-0.1, -0.05) is 22.0 Å². The first-order valence-electron chi connectivity index (χ1n) is 6.01. The second-order valence-corrected chi connectivity index (χ2v) is 7.42. The standard InChI is InChI=1S/C12H17BrN2O3S/c1-19(17,18)15-6-4-14(5-7-15)11-3-2-10(9-16)12(13)8-11/h2-3,8,16H,4-7,9H2,1H3. The molecule has 0 atom stereocenters. The molecule has 0 aromatic heterocycles. The fraction of sp³-hybridized carbons (Fsp3) is 0.500. The number of benzene rings is 1. The van der Waals surface area contributed by atoms with Gasteiger partial charge in [0.2, 0.25) is 10.0 Å². The van der Waals surface area contributed by atoms with Crippen LogP contribution in [0.1, 0.15) is 5.56 Å². The Bertz CT molecular complexity index is 554. The van der Waals surface area contributed by atoms with E-state index in [0.717, 1.165) is 15.7 Å². The first-order chi connectivity index (χ1) is 8.91. The topological polar surface area (TPSA) is 60.9 Å². The zero-order valence-electron chi connectivity index (χ0n) is 10.7. The number of halogens is 1. The van der Waals surface area contributed by atoms with E-state index in [9.17, 15) is 8.42 Å².